The molecule has 0 spiro atoms. The normalized spacial score (nSPS) is 18.2. The molecule has 31 heavy (non-hydrogen) atoms. The van der Waals surface area contributed by atoms with E-state index in [1.807, 2.05) is 61.1 Å². The lowest BCUT2D eigenvalue weighted by Gasteiger charge is -2.28. The highest BCUT2D eigenvalue weighted by molar-refractivity contribution is 7.80. The summed E-state index contributed by atoms with van der Waals surface area (Å²) in [4.78, 5) is 15.6. The van der Waals surface area contributed by atoms with Gasteiger partial charge in [0.05, 0.1) is 30.0 Å². The summed E-state index contributed by atoms with van der Waals surface area (Å²) in [6, 6.07) is 20.2. The zero-order valence-corrected chi connectivity index (χ0v) is 17.7. The van der Waals surface area contributed by atoms with Crippen molar-refractivity contribution in [2.24, 2.45) is 0 Å². The molecule has 7 heteroatoms. The number of nitrogens with zero attached hydrogens (tertiary/aromatic N) is 5. The van der Waals surface area contributed by atoms with E-state index < -0.39 is 0 Å². The monoisotopic (exact) mass is 426 g/mol. The Morgan fingerprint density at radius 2 is 1.74 bits per heavy atom. The zero-order chi connectivity index (χ0) is 21.0. The van der Waals surface area contributed by atoms with Gasteiger partial charge in [-0.25, -0.2) is 0 Å². The largest absolute Gasteiger partial charge is 0.352 e. The SMILES string of the molecule is S=C1NC(c2ccccn2)C(c2cccn2Cc2cccnc2)N1Cc1ccccn1. The fourth-order valence-electron chi connectivity index (χ4n) is 4.09. The fraction of sp³-hybridized carbons (Fsp3) is 0.167. The van der Waals surface area contributed by atoms with Crippen LogP contribution in [0.2, 0.25) is 0 Å². The molecule has 5 heterocycles. The Hall–Kier alpha value is -3.58. The van der Waals surface area contributed by atoms with E-state index in [2.05, 4.69) is 54.1 Å². The number of pyridine rings is 3. The molecule has 0 aromatic carbocycles. The van der Waals surface area contributed by atoms with E-state index in [0.717, 1.165) is 23.5 Å². The maximum Gasteiger partial charge on any atom is 0.170 e. The molecule has 1 saturated heterocycles. The van der Waals surface area contributed by atoms with Crippen molar-refractivity contribution in [3.63, 3.8) is 0 Å². The first-order chi connectivity index (χ1) is 15.3. The van der Waals surface area contributed by atoms with Gasteiger partial charge in [-0.15, -0.1) is 0 Å². The topological polar surface area (TPSA) is 58.9 Å². The molecule has 6 nitrogen and oxygen atoms in total. The first-order valence-corrected chi connectivity index (χ1v) is 10.6. The van der Waals surface area contributed by atoms with Gasteiger partial charge in [0.2, 0.25) is 0 Å². The third kappa shape index (κ3) is 4.04. The second-order valence-corrected chi connectivity index (χ2v) is 7.88. The van der Waals surface area contributed by atoms with Crippen molar-refractivity contribution in [2.75, 3.05) is 0 Å². The molecule has 0 radical (unpaired) electrons. The van der Waals surface area contributed by atoms with Crippen molar-refractivity contribution in [3.8, 4) is 0 Å². The standard InChI is InChI=1S/C24H22N6S/c31-24-28-22(20-9-2-4-13-27-20)23(30(24)17-19-8-1-3-12-26-19)21-10-6-14-29(21)16-18-7-5-11-25-15-18/h1-15,22-23H,16-17H2,(H,28,31). The summed E-state index contributed by atoms with van der Waals surface area (Å²) in [5, 5.41) is 4.22. The second-order valence-electron chi connectivity index (χ2n) is 7.50. The minimum absolute atomic E-state index is 0.0175. The summed E-state index contributed by atoms with van der Waals surface area (Å²) in [6.07, 6.45) is 9.46. The third-order valence-electron chi connectivity index (χ3n) is 5.50. The lowest BCUT2D eigenvalue weighted by atomic mass is 10.0. The third-order valence-corrected chi connectivity index (χ3v) is 5.85. The van der Waals surface area contributed by atoms with Crippen molar-refractivity contribution in [1.29, 1.82) is 0 Å². The van der Waals surface area contributed by atoms with Gasteiger partial charge in [-0.3, -0.25) is 15.0 Å². The molecular formula is C24H22N6S. The number of nitrogens with one attached hydrogen (secondary N) is 1. The van der Waals surface area contributed by atoms with Crippen molar-refractivity contribution in [3.05, 3.63) is 114 Å². The first-order valence-electron chi connectivity index (χ1n) is 10.2. The van der Waals surface area contributed by atoms with Gasteiger partial charge in [0.15, 0.2) is 5.11 Å². The van der Waals surface area contributed by atoms with Crippen LogP contribution in [0.5, 0.6) is 0 Å². The van der Waals surface area contributed by atoms with Crippen LogP contribution >= 0.6 is 12.2 Å². The number of hydrogen-bond acceptors (Lipinski definition) is 4. The maximum absolute atomic E-state index is 5.78. The summed E-state index contributed by atoms with van der Waals surface area (Å²) in [6.45, 7) is 1.37. The predicted octanol–water partition coefficient (Wildman–Crippen LogP) is 3.89. The molecule has 1 fully saturated rings. The fourth-order valence-corrected chi connectivity index (χ4v) is 4.40. The van der Waals surface area contributed by atoms with Gasteiger partial charge in [-0.2, -0.15) is 0 Å². The highest BCUT2D eigenvalue weighted by Crippen LogP contribution is 2.39. The molecule has 5 rings (SSSR count). The minimum atomic E-state index is -0.0556. The van der Waals surface area contributed by atoms with Crippen LogP contribution in [0.3, 0.4) is 0 Å². The molecule has 4 aromatic heterocycles. The van der Waals surface area contributed by atoms with Crippen LogP contribution in [0.25, 0.3) is 0 Å². The summed E-state index contributed by atoms with van der Waals surface area (Å²) in [7, 11) is 0. The lowest BCUT2D eigenvalue weighted by molar-refractivity contribution is 0.295. The summed E-state index contributed by atoms with van der Waals surface area (Å²) in [5.74, 6) is 0. The highest BCUT2D eigenvalue weighted by Gasteiger charge is 2.41. The van der Waals surface area contributed by atoms with Crippen LogP contribution in [0, 0.1) is 0 Å². The Balaban J connectivity index is 1.54. The average molecular weight is 427 g/mol. The predicted molar refractivity (Wildman–Crippen MR) is 123 cm³/mol. The van der Waals surface area contributed by atoms with E-state index in [1.165, 1.54) is 5.69 Å². The molecular weight excluding hydrogens is 404 g/mol. The van der Waals surface area contributed by atoms with Gasteiger partial charge in [-0.05, 0) is 60.2 Å². The number of rotatable bonds is 6. The molecule has 2 atom stereocenters. The molecule has 1 aliphatic heterocycles. The average Bonchev–Trinajstić information content (AvgIpc) is 3.40. The van der Waals surface area contributed by atoms with Gasteiger partial charge in [0, 0.05) is 43.2 Å². The molecule has 1 aliphatic rings. The Kier molecular flexibility index (Phi) is 5.41. The minimum Gasteiger partial charge on any atom is -0.352 e. The molecule has 0 amide bonds. The van der Waals surface area contributed by atoms with Crippen LogP contribution in [-0.2, 0) is 13.1 Å². The Morgan fingerprint density at radius 1 is 0.871 bits per heavy atom. The van der Waals surface area contributed by atoms with E-state index in [9.17, 15) is 0 Å². The van der Waals surface area contributed by atoms with Gasteiger partial charge < -0.3 is 14.8 Å². The van der Waals surface area contributed by atoms with Crippen LogP contribution < -0.4 is 5.32 Å². The van der Waals surface area contributed by atoms with Crippen LogP contribution in [0.4, 0.5) is 0 Å². The summed E-state index contributed by atoms with van der Waals surface area (Å²) >= 11 is 5.78. The van der Waals surface area contributed by atoms with Gasteiger partial charge in [-0.1, -0.05) is 18.2 Å². The molecule has 2 unspecified atom stereocenters. The molecule has 0 aliphatic carbocycles. The molecule has 0 saturated carbocycles. The molecule has 0 bridgehead atoms. The van der Waals surface area contributed by atoms with Crippen LogP contribution in [0.1, 0.15) is 34.7 Å². The lowest BCUT2D eigenvalue weighted by Crippen LogP contribution is -2.30. The van der Waals surface area contributed by atoms with Crippen LogP contribution in [0.15, 0.2) is 91.6 Å². The molecule has 1 N–H and O–H groups in total. The Bertz CT molecular complexity index is 1150. The van der Waals surface area contributed by atoms with Crippen molar-refractivity contribution >= 4 is 17.3 Å². The quantitative estimate of drug-likeness (QED) is 0.472. The molecule has 154 valence electrons. The van der Waals surface area contributed by atoms with Crippen molar-refractivity contribution in [2.45, 2.75) is 25.2 Å². The summed E-state index contributed by atoms with van der Waals surface area (Å²) < 4.78 is 2.26. The molecule has 4 aromatic rings. The second kappa shape index (κ2) is 8.65. The Labute approximate surface area is 186 Å². The highest BCUT2D eigenvalue weighted by atomic mass is 32.1. The van der Waals surface area contributed by atoms with Crippen LogP contribution in [-0.4, -0.2) is 29.5 Å². The maximum atomic E-state index is 5.78. The smallest absolute Gasteiger partial charge is 0.170 e. The number of thiocarbonyl (C=S) groups is 1. The van der Waals surface area contributed by atoms with E-state index in [1.54, 1.807) is 6.20 Å². The van der Waals surface area contributed by atoms with E-state index in [4.69, 9.17) is 12.2 Å². The van der Waals surface area contributed by atoms with E-state index in [-0.39, 0.29) is 12.1 Å². The summed E-state index contributed by atoms with van der Waals surface area (Å²) in [5.41, 5.74) is 4.26. The Morgan fingerprint density at radius 3 is 2.48 bits per heavy atom. The number of hydrogen-bond donors (Lipinski definition) is 1. The van der Waals surface area contributed by atoms with E-state index in [0.29, 0.717) is 11.7 Å². The van der Waals surface area contributed by atoms with E-state index >= 15 is 0 Å². The van der Waals surface area contributed by atoms with Gasteiger partial charge in [0.25, 0.3) is 0 Å². The van der Waals surface area contributed by atoms with Crippen molar-refractivity contribution < 1.29 is 0 Å². The van der Waals surface area contributed by atoms with Gasteiger partial charge in [0.1, 0.15) is 0 Å². The van der Waals surface area contributed by atoms with Crippen molar-refractivity contribution in [1.82, 2.24) is 29.7 Å². The first kappa shape index (κ1) is 19.4. The zero-order valence-electron chi connectivity index (χ0n) is 16.9. The van der Waals surface area contributed by atoms with Gasteiger partial charge >= 0.3 is 0 Å². The number of aromatic nitrogens is 4.